The Bertz CT molecular complexity index is 939. The van der Waals surface area contributed by atoms with Crippen LogP contribution in [0, 0.1) is 29.6 Å². The molecule has 9 heteroatoms. The zero-order valence-electron chi connectivity index (χ0n) is 23.1. The molecule has 2 aliphatic rings. The van der Waals surface area contributed by atoms with Crippen LogP contribution in [-0.2, 0) is 4.79 Å². The van der Waals surface area contributed by atoms with Gasteiger partial charge >= 0.3 is 0 Å². The summed E-state index contributed by atoms with van der Waals surface area (Å²) in [4.78, 5) is 19.7. The summed E-state index contributed by atoms with van der Waals surface area (Å²) < 4.78 is 27.2. The summed E-state index contributed by atoms with van der Waals surface area (Å²) in [6.07, 6.45) is 3.95. The predicted molar refractivity (Wildman–Crippen MR) is 148 cm³/mol. The normalized spacial score (nSPS) is 22.1. The molecule has 3 unspecified atom stereocenters. The standard InChI is InChI=1S/C28H45F2N5OS/c1-18(2)26(32)35(21(5)31)19(3)17-23-7-6-15-34(23)16-12-24(25-9-8-20(4)37-25)33-27(36)22-10-13-28(29,30)14-11-22/h8-9,18-19,22-24,31-32H,6-7,10-17H2,1-5H3,(H,33,36). The molecular formula is C28H45F2N5OS. The van der Waals surface area contributed by atoms with Gasteiger partial charge in [-0.15, -0.1) is 11.3 Å². The summed E-state index contributed by atoms with van der Waals surface area (Å²) in [7, 11) is 0. The second-order valence-corrected chi connectivity index (χ2v) is 12.7. The fraction of sp³-hybridized carbons (Fsp3) is 0.750. The first-order valence-electron chi connectivity index (χ1n) is 13.8. The molecular weight excluding hydrogens is 492 g/mol. The van der Waals surface area contributed by atoms with Crippen LogP contribution in [0.4, 0.5) is 8.78 Å². The van der Waals surface area contributed by atoms with Gasteiger partial charge in [-0.2, -0.15) is 0 Å². The van der Waals surface area contributed by atoms with Gasteiger partial charge in [-0.3, -0.25) is 15.6 Å². The number of halogens is 2. The number of likely N-dealkylation sites (tertiary alicyclic amines) is 1. The summed E-state index contributed by atoms with van der Waals surface area (Å²) in [6, 6.07) is 4.46. The van der Waals surface area contributed by atoms with Crippen LogP contribution in [0.5, 0.6) is 0 Å². The first-order chi connectivity index (χ1) is 17.4. The maximum Gasteiger partial charge on any atom is 0.248 e. The Balaban J connectivity index is 1.63. The largest absolute Gasteiger partial charge is 0.348 e. The minimum Gasteiger partial charge on any atom is -0.348 e. The lowest BCUT2D eigenvalue weighted by molar-refractivity contribution is -0.130. The van der Waals surface area contributed by atoms with E-state index in [1.165, 1.54) is 4.88 Å². The second-order valence-electron chi connectivity index (χ2n) is 11.3. The smallest absolute Gasteiger partial charge is 0.248 e. The van der Waals surface area contributed by atoms with E-state index in [0.29, 0.717) is 17.7 Å². The maximum atomic E-state index is 13.6. The first-order valence-corrected chi connectivity index (χ1v) is 14.6. The van der Waals surface area contributed by atoms with E-state index >= 15 is 0 Å². The van der Waals surface area contributed by atoms with E-state index in [4.69, 9.17) is 10.8 Å². The third-order valence-electron chi connectivity index (χ3n) is 7.93. The van der Waals surface area contributed by atoms with E-state index in [-0.39, 0.29) is 55.5 Å². The van der Waals surface area contributed by atoms with Crippen molar-refractivity contribution in [2.75, 3.05) is 13.1 Å². The number of hydrogen-bond acceptors (Lipinski definition) is 5. The van der Waals surface area contributed by atoms with Crippen LogP contribution < -0.4 is 5.32 Å². The Morgan fingerprint density at radius 3 is 2.46 bits per heavy atom. The number of hydrogen-bond donors (Lipinski definition) is 3. The Morgan fingerprint density at radius 1 is 1.22 bits per heavy atom. The molecule has 2 heterocycles. The minimum atomic E-state index is -2.64. The zero-order valence-corrected chi connectivity index (χ0v) is 23.9. The fourth-order valence-electron chi connectivity index (χ4n) is 5.80. The lowest BCUT2D eigenvalue weighted by Crippen LogP contribution is -2.46. The van der Waals surface area contributed by atoms with E-state index in [1.807, 2.05) is 18.7 Å². The molecule has 3 N–H and O–H groups in total. The molecule has 0 radical (unpaired) electrons. The molecule has 1 saturated heterocycles. The van der Waals surface area contributed by atoms with E-state index in [9.17, 15) is 13.6 Å². The van der Waals surface area contributed by atoms with Crippen LogP contribution in [0.2, 0.25) is 0 Å². The SMILES string of the molecule is CC(=N)N(C(=N)C(C)C)C(C)CC1CCCN1CCC(NC(=O)C1CCC(F)(F)CC1)c1ccc(C)s1. The van der Waals surface area contributed by atoms with Gasteiger partial charge in [-0.25, -0.2) is 8.78 Å². The van der Waals surface area contributed by atoms with E-state index < -0.39 is 5.92 Å². The predicted octanol–water partition coefficient (Wildman–Crippen LogP) is 6.60. The molecule has 3 atom stereocenters. The maximum absolute atomic E-state index is 13.6. The van der Waals surface area contributed by atoms with Gasteiger partial charge < -0.3 is 15.1 Å². The highest BCUT2D eigenvalue weighted by Crippen LogP contribution is 2.37. The Labute approximate surface area is 225 Å². The molecule has 1 amide bonds. The molecule has 1 saturated carbocycles. The molecule has 0 spiro atoms. The van der Waals surface area contributed by atoms with Crippen molar-refractivity contribution >= 4 is 28.9 Å². The molecule has 1 aromatic rings. The van der Waals surface area contributed by atoms with Crippen molar-refractivity contribution in [3.8, 4) is 0 Å². The van der Waals surface area contributed by atoms with Crippen molar-refractivity contribution in [2.45, 2.75) is 110 Å². The molecule has 1 aromatic heterocycles. The summed E-state index contributed by atoms with van der Waals surface area (Å²) in [5, 5.41) is 19.9. The van der Waals surface area contributed by atoms with Crippen LogP contribution in [-0.4, -0.2) is 58.5 Å². The molecule has 208 valence electrons. The van der Waals surface area contributed by atoms with Crippen molar-refractivity contribution in [3.63, 3.8) is 0 Å². The quantitative estimate of drug-likeness (QED) is 0.232. The van der Waals surface area contributed by atoms with Crippen LogP contribution in [0.3, 0.4) is 0 Å². The van der Waals surface area contributed by atoms with E-state index in [1.54, 1.807) is 18.3 Å². The monoisotopic (exact) mass is 537 g/mol. The minimum absolute atomic E-state index is 0.0662. The van der Waals surface area contributed by atoms with E-state index in [0.717, 1.165) is 43.6 Å². The van der Waals surface area contributed by atoms with Crippen LogP contribution in [0.25, 0.3) is 0 Å². The summed E-state index contributed by atoms with van der Waals surface area (Å²) >= 11 is 1.68. The number of nitrogens with zero attached hydrogens (tertiary/aromatic N) is 2. The molecule has 1 aliphatic carbocycles. The number of alkyl halides is 2. The zero-order chi connectivity index (χ0) is 27.3. The van der Waals surface area contributed by atoms with Gasteiger partial charge in [0.25, 0.3) is 0 Å². The Morgan fingerprint density at radius 2 is 1.89 bits per heavy atom. The van der Waals surface area contributed by atoms with Crippen LogP contribution >= 0.6 is 11.3 Å². The number of amidine groups is 2. The average Bonchev–Trinajstić information content (AvgIpc) is 3.44. The van der Waals surface area contributed by atoms with Crippen LogP contribution in [0.15, 0.2) is 12.1 Å². The van der Waals surface area contributed by atoms with Gasteiger partial charge in [0.2, 0.25) is 11.8 Å². The van der Waals surface area contributed by atoms with Crippen molar-refractivity contribution in [2.24, 2.45) is 11.8 Å². The highest BCUT2D eigenvalue weighted by molar-refractivity contribution is 7.12. The Kier molecular flexibility index (Phi) is 10.3. The first kappa shape index (κ1) is 29.7. The summed E-state index contributed by atoms with van der Waals surface area (Å²) in [5.74, 6) is -2.11. The van der Waals surface area contributed by atoms with Crippen molar-refractivity contribution < 1.29 is 13.6 Å². The molecule has 0 bridgehead atoms. The second kappa shape index (κ2) is 12.8. The summed E-state index contributed by atoms with van der Waals surface area (Å²) in [5.41, 5.74) is 0. The number of carbonyl (C=O) groups is 1. The number of nitrogens with one attached hydrogen (secondary N) is 3. The number of thiophene rings is 1. The van der Waals surface area contributed by atoms with Gasteiger partial charge in [0.15, 0.2) is 0 Å². The number of amides is 1. The topological polar surface area (TPSA) is 83.3 Å². The number of carbonyl (C=O) groups excluding carboxylic acids is 1. The van der Waals surface area contributed by atoms with Crippen molar-refractivity contribution in [1.29, 1.82) is 10.8 Å². The highest BCUT2D eigenvalue weighted by atomic mass is 32.1. The van der Waals surface area contributed by atoms with Crippen LogP contribution in [0.1, 0.15) is 94.9 Å². The average molecular weight is 538 g/mol. The van der Waals surface area contributed by atoms with Gasteiger partial charge in [0.05, 0.1) is 11.9 Å². The van der Waals surface area contributed by atoms with Crippen molar-refractivity contribution in [3.05, 3.63) is 21.9 Å². The lowest BCUT2D eigenvalue weighted by atomic mass is 9.86. The van der Waals surface area contributed by atoms with E-state index in [2.05, 4.69) is 36.2 Å². The van der Waals surface area contributed by atoms with Crippen molar-refractivity contribution in [1.82, 2.24) is 15.1 Å². The molecule has 1 aliphatic heterocycles. The highest BCUT2D eigenvalue weighted by Gasteiger charge is 2.38. The third-order valence-corrected chi connectivity index (χ3v) is 9.05. The Hall–Kier alpha value is -1.87. The van der Waals surface area contributed by atoms with Gasteiger partial charge in [-0.1, -0.05) is 13.8 Å². The lowest BCUT2D eigenvalue weighted by Gasteiger charge is -2.36. The van der Waals surface area contributed by atoms with Gasteiger partial charge in [-0.05, 0) is 78.0 Å². The molecule has 6 nitrogen and oxygen atoms in total. The van der Waals surface area contributed by atoms with Gasteiger partial charge in [0.1, 0.15) is 5.84 Å². The third kappa shape index (κ3) is 8.06. The number of aryl methyl sites for hydroxylation is 1. The molecule has 0 aromatic carbocycles. The molecule has 37 heavy (non-hydrogen) atoms. The fourth-order valence-corrected chi connectivity index (χ4v) is 6.76. The number of rotatable bonds is 10. The summed E-state index contributed by atoms with van der Waals surface area (Å²) in [6.45, 7) is 11.7. The molecule has 2 fully saturated rings. The van der Waals surface area contributed by atoms with Gasteiger partial charge in [0, 0.05) is 53.1 Å². The molecule has 3 rings (SSSR count).